The van der Waals surface area contributed by atoms with E-state index in [1.165, 1.54) is 57.2 Å². The van der Waals surface area contributed by atoms with Gasteiger partial charge in [0.2, 0.25) is 0 Å². The highest BCUT2D eigenvalue weighted by Crippen LogP contribution is 2.27. The first-order valence-electron chi connectivity index (χ1n) is 13.9. The lowest BCUT2D eigenvalue weighted by Gasteiger charge is -2.39. The molecule has 0 unspecified atom stereocenters. The maximum atomic E-state index is 13.4. The van der Waals surface area contributed by atoms with Crippen molar-refractivity contribution >= 4 is 5.91 Å². The van der Waals surface area contributed by atoms with E-state index in [-0.39, 0.29) is 5.91 Å². The van der Waals surface area contributed by atoms with Crippen LogP contribution >= 0.6 is 0 Å². The normalized spacial score (nSPS) is 18.0. The second kappa shape index (κ2) is 13.5. The maximum Gasteiger partial charge on any atom is 0.254 e. The Labute approximate surface area is 221 Å². The average Bonchev–Trinajstić information content (AvgIpc) is 3.63. The summed E-state index contributed by atoms with van der Waals surface area (Å²) >= 11 is 0. The van der Waals surface area contributed by atoms with Gasteiger partial charge in [0.05, 0.1) is 13.1 Å². The molecule has 37 heavy (non-hydrogen) atoms. The van der Waals surface area contributed by atoms with Gasteiger partial charge in [0.1, 0.15) is 11.6 Å². The van der Waals surface area contributed by atoms with Crippen molar-refractivity contribution in [3.8, 4) is 0 Å². The summed E-state index contributed by atoms with van der Waals surface area (Å²) in [6.07, 6.45) is 14.5. The largest absolute Gasteiger partial charge is 0.347 e. The van der Waals surface area contributed by atoms with E-state index in [0.717, 1.165) is 24.2 Å². The van der Waals surface area contributed by atoms with Crippen LogP contribution in [-0.4, -0.2) is 72.8 Å². The average molecular weight is 506 g/mol. The first-order chi connectivity index (χ1) is 18.1. The van der Waals surface area contributed by atoms with E-state index >= 15 is 0 Å². The lowest BCUT2D eigenvalue weighted by Crippen LogP contribution is -2.43. The monoisotopic (exact) mass is 505 g/mol. The Kier molecular flexibility index (Phi) is 9.91. The van der Waals surface area contributed by atoms with E-state index in [1.807, 2.05) is 12.1 Å². The van der Waals surface area contributed by atoms with Gasteiger partial charge in [-0.1, -0.05) is 26.0 Å². The van der Waals surface area contributed by atoms with E-state index in [2.05, 4.69) is 62.8 Å². The van der Waals surface area contributed by atoms with Gasteiger partial charge in [0, 0.05) is 49.0 Å². The summed E-state index contributed by atoms with van der Waals surface area (Å²) in [4.78, 5) is 35.1. The molecule has 0 saturated heterocycles. The van der Waals surface area contributed by atoms with Crippen LogP contribution in [0.15, 0.2) is 49.1 Å². The van der Waals surface area contributed by atoms with Gasteiger partial charge in [0.25, 0.3) is 5.91 Å². The molecule has 4 rings (SSSR count). The highest BCUT2D eigenvalue weighted by molar-refractivity contribution is 5.94. The zero-order valence-electron chi connectivity index (χ0n) is 22.7. The SMILES string of the molecule is CCCN(CCC)C1CCC(N(C)Cc2ccc(C(=O)N(Cc3ncc[nH]3)Cc3ncc[nH]3)cc2)CC1. The second-order valence-electron chi connectivity index (χ2n) is 10.3. The number of amides is 1. The van der Waals surface area contributed by atoms with Crippen LogP contribution in [-0.2, 0) is 19.6 Å². The first-order valence-corrected chi connectivity index (χ1v) is 13.9. The molecular weight excluding hydrogens is 462 g/mol. The molecule has 0 spiro atoms. The zero-order chi connectivity index (χ0) is 26.0. The molecule has 0 aliphatic heterocycles. The minimum Gasteiger partial charge on any atom is -0.347 e. The summed E-state index contributed by atoms with van der Waals surface area (Å²) in [6, 6.07) is 9.47. The fourth-order valence-corrected chi connectivity index (χ4v) is 5.60. The number of carbonyl (C=O) groups excluding carboxylic acids is 1. The summed E-state index contributed by atoms with van der Waals surface area (Å²) in [5, 5.41) is 0. The lowest BCUT2D eigenvalue weighted by molar-refractivity contribution is 0.0721. The smallest absolute Gasteiger partial charge is 0.254 e. The van der Waals surface area contributed by atoms with Crippen LogP contribution in [0, 0.1) is 0 Å². The third-order valence-electron chi connectivity index (χ3n) is 7.54. The van der Waals surface area contributed by atoms with Gasteiger partial charge in [0.15, 0.2) is 0 Å². The Morgan fingerprint density at radius 3 is 1.86 bits per heavy atom. The second-order valence-corrected chi connectivity index (χ2v) is 10.3. The van der Waals surface area contributed by atoms with E-state index < -0.39 is 0 Å². The predicted octanol–water partition coefficient (Wildman–Crippen LogP) is 4.84. The molecule has 1 aromatic carbocycles. The predicted molar refractivity (Wildman–Crippen MR) is 147 cm³/mol. The summed E-state index contributed by atoms with van der Waals surface area (Å²) < 4.78 is 0. The number of nitrogens with zero attached hydrogens (tertiary/aromatic N) is 5. The Morgan fingerprint density at radius 2 is 1.38 bits per heavy atom. The molecule has 0 radical (unpaired) electrons. The summed E-state index contributed by atoms with van der Waals surface area (Å²) in [5.41, 5.74) is 1.92. The molecule has 8 nitrogen and oxygen atoms in total. The van der Waals surface area contributed by atoms with E-state index in [9.17, 15) is 4.79 Å². The molecule has 1 fully saturated rings. The van der Waals surface area contributed by atoms with Crippen molar-refractivity contribution < 1.29 is 4.79 Å². The van der Waals surface area contributed by atoms with Crippen molar-refractivity contribution in [2.75, 3.05) is 20.1 Å². The maximum absolute atomic E-state index is 13.4. The van der Waals surface area contributed by atoms with Crippen LogP contribution in [0.4, 0.5) is 0 Å². The summed E-state index contributed by atoms with van der Waals surface area (Å²) in [5.74, 6) is 1.47. The molecule has 2 heterocycles. The fourth-order valence-electron chi connectivity index (χ4n) is 5.60. The van der Waals surface area contributed by atoms with Gasteiger partial charge < -0.3 is 19.8 Å². The van der Waals surface area contributed by atoms with Crippen molar-refractivity contribution in [3.63, 3.8) is 0 Å². The van der Waals surface area contributed by atoms with Crippen molar-refractivity contribution in [3.05, 3.63) is 71.8 Å². The minimum absolute atomic E-state index is 0.0326. The van der Waals surface area contributed by atoms with Crippen LogP contribution in [0.25, 0.3) is 0 Å². The molecule has 8 heteroatoms. The van der Waals surface area contributed by atoms with Crippen LogP contribution < -0.4 is 0 Å². The minimum atomic E-state index is -0.0326. The topological polar surface area (TPSA) is 84.2 Å². The van der Waals surface area contributed by atoms with Gasteiger partial charge in [-0.2, -0.15) is 0 Å². The van der Waals surface area contributed by atoms with Crippen LogP contribution in [0.2, 0.25) is 0 Å². The fraction of sp³-hybridized carbons (Fsp3) is 0.552. The Hall–Kier alpha value is -2.97. The Morgan fingerprint density at radius 1 is 0.838 bits per heavy atom. The standard InChI is InChI=1S/C29H43N7O/c1-4-18-35(19-5-2)26-12-10-25(11-13-26)34(3)20-23-6-8-24(9-7-23)29(37)36(21-27-30-14-15-31-27)22-28-32-16-17-33-28/h6-9,14-17,25-26H,4-5,10-13,18-22H2,1-3H3,(H,30,31)(H,32,33). The number of aromatic nitrogens is 4. The van der Waals surface area contributed by atoms with Gasteiger partial charge in [-0.3, -0.25) is 9.69 Å². The number of carbonyl (C=O) groups is 1. The number of benzene rings is 1. The third-order valence-corrected chi connectivity index (χ3v) is 7.54. The number of H-pyrrole nitrogens is 2. The number of aromatic amines is 2. The molecule has 1 aliphatic carbocycles. The molecule has 200 valence electrons. The van der Waals surface area contributed by atoms with Crippen molar-refractivity contribution in [1.82, 2.24) is 34.6 Å². The molecule has 0 bridgehead atoms. The summed E-state index contributed by atoms with van der Waals surface area (Å²) in [6.45, 7) is 8.73. The van der Waals surface area contributed by atoms with Gasteiger partial charge in [-0.15, -0.1) is 0 Å². The molecule has 1 aliphatic rings. The number of hydrogen-bond donors (Lipinski definition) is 2. The number of nitrogens with one attached hydrogen (secondary N) is 2. The third kappa shape index (κ3) is 7.52. The lowest BCUT2D eigenvalue weighted by atomic mass is 9.89. The Bertz CT molecular complexity index is 998. The highest BCUT2D eigenvalue weighted by atomic mass is 16.2. The van der Waals surface area contributed by atoms with Crippen LogP contribution in [0.1, 0.15) is 79.9 Å². The van der Waals surface area contributed by atoms with Crippen LogP contribution in [0.5, 0.6) is 0 Å². The molecule has 1 amide bonds. The highest BCUT2D eigenvalue weighted by Gasteiger charge is 2.27. The molecule has 3 aromatic rings. The molecule has 1 saturated carbocycles. The van der Waals surface area contributed by atoms with Crippen LogP contribution in [0.3, 0.4) is 0 Å². The molecule has 0 atom stereocenters. The molecule has 2 aromatic heterocycles. The summed E-state index contributed by atoms with van der Waals surface area (Å²) in [7, 11) is 2.24. The van der Waals surface area contributed by atoms with Crippen molar-refractivity contribution in [2.24, 2.45) is 0 Å². The molecule has 2 N–H and O–H groups in total. The van der Waals surface area contributed by atoms with Crippen molar-refractivity contribution in [1.29, 1.82) is 0 Å². The number of imidazole rings is 2. The van der Waals surface area contributed by atoms with E-state index in [1.54, 1.807) is 29.7 Å². The Balaban J connectivity index is 1.33. The van der Waals surface area contributed by atoms with Gasteiger partial charge >= 0.3 is 0 Å². The van der Waals surface area contributed by atoms with E-state index in [0.29, 0.717) is 24.7 Å². The van der Waals surface area contributed by atoms with Crippen molar-refractivity contribution in [2.45, 2.75) is 84.1 Å². The van der Waals surface area contributed by atoms with E-state index in [4.69, 9.17) is 0 Å². The quantitative estimate of drug-likeness (QED) is 0.347. The van der Waals surface area contributed by atoms with Gasteiger partial charge in [-0.25, -0.2) is 9.97 Å². The number of rotatable bonds is 13. The van der Waals surface area contributed by atoms with Gasteiger partial charge in [-0.05, 0) is 76.4 Å². The molecular formula is C29H43N7O. The zero-order valence-corrected chi connectivity index (χ0v) is 22.7. The number of hydrogen-bond acceptors (Lipinski definition) is 5. The first kappa shape index (κ1) is 27.1.